The van der Waals surface area contributed by atoms with Crippen molar-refractivity contribution in [3.05, 3.63) is 0 Å². The number of amides is 1. The number of hydrogen-bond acceptors (Lipinski definition) is 3. The molecule has 0 heterocycles. The van der Waals surface area contributed by atoms with Gasteiger partial charge in [0.05, 0.1) is 5.60 Å². The predicted molar refractivity (Wildman–Crippen MR) is 68.5 cm³/mol. The van der Waals surface area contributed by atoms with Gasteiger partial charge in [-0.15, -0.1) is 0 Å². The zero-order chi connectivity index (χ0) is 13.3. The van der Waals surface area contributed by atoms with E-state index < -0.39 is 5.60 Å². The van der Waals surface area contributed by atoms with E-state index in [1.165, 1.54) is 0 Å². The Morgan fingerprint density at radius 3 is 2.24 bits per heavy atom. The first-order valence-electron chi connectivity index (χ1n) is 6.40. The van der Waals surface area contributed by atoms with E-state index in [4.69, 9.17) is 5.73 Å². The van der Waals surface area contributed by atoms with Crippen LogP contribution in [-0.4, -0.2) is 40.6 Å². The molecule has 0 aliphatic heterocycles. The summed E-state index contributed by atoms with van der Waals surface area (Å²) in [6.45, 7) is 6.39. The first-order valence-corrected chi connectivity index (χ1v) is 6.40. The second-order valence-electron chi connectivity index (χ2n) is 6.27. The van der Waals surface area contributed by atoms with Crippen LogP contribution in [0.4, 0.5) is 0 Å². The first kappa shape index (κ1) is 14.5. The minimum atomic E-state index is -0.739. The monoisotopic (exact) mass is 242 g/mol. The van der Waals surface area contributed by atoms with Crippen molar-refractivity contribution in [3.8, 4) is 0 Å². The zero-order valence-electron chi connectivity index (χ0n) is 11.5. The average molecular weight is 242 g/mol. The highest BCUT2D eigenvalue weighted by Gasteiger charge is 2.37. The molecule has 0 radical (unpaired) electrons. The van der Waals surface area contributed by atoms with Gasteiger partial charge in [-0.2, -0.15) is 0 Å². The van der Waals surface area contributed by atoms with Crippen LogP contribution in [-0.2, 0) is 4.79 Å². The fourth-order valence-electron chi connectivity index (χ4n) is 2.21. The van der Waals surface area contributed by atoms with Gasteiger partial charge in [0.2, 0.25) is 5.91 Å². The number of nitrogens with two attached hydrogens (primary N) is 1. The van der Waals surface area contributed by atoms with E-state index >= 15 is 0 Å². The van der Waals surface area contributed by atoms with Gasteiger partial charge in [-0.05, 0) is 46.5 Å². The van der Waals surface area contributed by atoms with Crippen LogP contribution in [0.2, 0.25) is 0 Å². The largest absolute Gasteiger partial charge is 0.389 e. The molecule has 0 aromatic carbocycles. The summed E-state index contributed by atoms with van der Waals surface area (Å²) in [5.74, 6) is 0.239. The third kappa shape index (κ3) is 3.42. The second-order valence-corrected chi connectivity index (χ2v) is 6.27. The summed E-state index contributed by atoms with van der Waals surface area (Å²) in [6, 6.07) is 0. The highest BCUT2D eigenvalue weighted by molar-refractivity contribution is 5.79. The van der Waals surface area contributed by atoms with E-state index in [2.05, 4.69) is 0 Å². The lowest BCUT2D eigenvalue weighted by molar-refractivity contribution is -0.141. The summed E-state index contributed by atoms with van der Waals surface area (Å²) in [6.07, 6.45) is 2.76. The zero-order valence-corrected chi connectivity index (χ0v) is 11.5. The molecule has 0 aromatic rings. The van der Waals surface area contributed by atoms with Crippen molar-refractivity contribution in [3.63, 3.8) is 0 Å². The molecular weight excluding hydrogens is 216 g/mol. The fraction of sp³-hybridized carbons (Fsp3) is 0.923. The molecule has 0 bridgehead atoms. The van der Waals surface area contributed by atoms with Gasteiger partial charge in [-0.3, -0.25) is 4.79 Å². The summed E-state index contributed by atoms with van der Waals surface area (Å²) in [7, 11) is 1.85. The van der Waals surface area contributed by atoms with Crippen molar-refractivity contribution >= 4 is 5.91 Å². The van der Waals surface area contributed by atoms with Crippen LogP contribution in [0.3, 0.4) is 0 Å². The third-order valence-corrected chi connectivity index (χ3v) is 3.98. The van der Waals surface area contributed by atoms with Crippen molar-refractivity contribution in [2.45, 2.75) is 57.6 Å². The molecule has 17 heavy (non-hydrogen) atoms. The molecule has 3 N–H and O–H groups in total. The molecule has 1 aliphatic rings. The fourth-order valence-corrected chi connectivity index (χ4v) is 2.21. The molecule has 4 heteroatoms. The first-order chi connectivity index (χ1) is 7.69. The Balaban J connectivity index is 2.58. The SMILES string of the molecule is CN(C(=O)C1CCC(O)(CN)CC1)C(C)(C)C. The second kappa shape index (κ2) is 4.94. The third-order valence-electron chi connectivity index (χ3n) is 3.98. The normalized spacial score (nSPS) is 30.1. The highest BCUT2D eigenvalue weighted by atomic mass is 16.3. The van der Waals surface area contributed by atoms with Gasteiger partial charge in [0.1, 0.15) is 0 Å². The smallest absolute Gasteiger partial charge is 0.225 e. The lowest BCUT2D eigenvalue weighted by Gasteiger charge is -2.39. The lowest BCUT2D eigenvalue weighted by Crippen LogP contribution is -2.48. The Bertz CT molecular complexity index is 276. The summed E-state index contributed by atoms with van der Waals surface area (Å²) >= 11 is 0. The molecule has 0 saturated heterocycles. The van der Waals surface area contributed by atoms with Crippen molar-refractivity contribution < 1.29 is 9.90 Å². The maximum absolute atomic E-state index is 12.3. The number of nitrogens with zero attached hydrogens (tertiary/aromatic N) is 1. The number of carbonyl (C=O) groups is 1. The maximum Gasteiger partial charge on any atom is 0.225 e. The number of aliphatic hydroxyl groups is 1. The number of hydrogen-bond donors (Lipinski definition) is 2. The highest BCUT2D eigenvalue weighted by Crippen LogP contribution is 2.33. The van der Waals surface area contributed by atoms with E-state index in [0.29, 0.717) is 19.4 Å². The van der Waals surface area contributed by atoms with E-state index in [-0.39, 0.29) is 17.4 Å². The Labute approximate surface area is 104 Å². The number of carbonyl (C=O) groups excluding carboxylic acids is 1. The van der Waals surface area contributed by atoms with Gasteiger partial charge in [0.25, 0.3) is 0 Å². The van der Waals surface area contributed by atoms with Crippen molar-refractivity contribution in [2.75, 3.05) is 13.6 Å². The van der Waals surface area contributed by atoms with Gasteiger partial charge >= 0.3 is 0 Å². The van der Waals surface area contributed by atoms with Crippen LogP contribution < -0.4 is 5.73 Å². The molecule has 0 unspecified atom stereocenters. The molecule has 0 atom stereocenters. The van der Waals surface area contributed by atoms with Gasteiger partial charge in [-0.25, -0.2) is 0 Å². The van der Waals surface area contributed by atoms with Crippen LogP contribution in [0.1, 0.15) is 46.5 Å². The molecule has 4 nitrogen and oxygen atoms in total. The molecule has 1 aliphatic carbocycles. The Hall–Kier alpha value is -0.610. The van der Waals surface area contributed by atoms with E-state index in [9.17, 15) is 9.90 Å². The van der Waals surface area contributed by atoms with Crippen LogP contribution >= 0.6 is 0 Å². The molecule has 100 valence electrons. The van der Waals surface area contributed by atoms with Gasteiger partial charge in [-0.1, -0.05) is 0 Å². The average Bonchev–Trinajstić information content (AvgIpc) is 2.27. The molecule has 1 rings (SSSR count). The quantitative estimate of drug-likeness (QED) is 0.762. The van der Waals surface area contributed by atoms with Crippen LogP contribution in [0.25, 0.3) is 0 Å². The maximum atomic E-state index is 12.3. The van der Waals surface area contributed by atoms with Crippen molar-refractivity contribution in [1.82, 2.24) is 4.90 Å². The Morgan fingerprint density at radius 2 is 1.88 bits per heavy atom. The van der Waals surface area contributed by atoms with Crippen LogP contribution in [0, 0.1) is 5.92 Å². The summed E-state index contributed by atoms with van der Waals surface area (Å²) in [4.78, 5) is 14.1. The molecule has 0 spiro atoms. The lowest BCUT2D eigenvalue weighted by atomic mass is 9.78. The minimum Gasteiger partial charge on any atom is -0.389 e. The summed E-state index contributed by atoms with van der Waals surface area (Å²) in [5, 5.41) is 10.0. The topological polar surface area (TPSA) is 66.6 Å². The number of rotatable bonds is 2. The van der Waals surface area contributed by atoms with Crippen molar-refractivity contribution in [2.24, 2.45) is 11.7 Å². The minimum absolute atomic E-state index is 0.0473. The van der Waals surface area contributed by atoms with Gasteiger partial charge in [0.15, 0.2) is 0 Å². The Morgan fingerprint density at radius 1 is 1.41 bits per heavy atom. The van der Waals surface area contributed by atoms with Crippen molar-refractivity contribution in [1.29, 1.82) is 0 Å². The summed E-state index contributed by atoms with van der Waals surface area (Å²) in [5.41, 5.74) is 4.66. The molecule has 1 fully saturated rings. The standard InChI is InChI=1S/C13H26N2O2/c1-12(2,3)15(4)11(16)10-5-7-13(17,9-14)8-6-10/h10,17H,5-9,14H2,1-4H3. The van der Waals surface area contributed by atoms with E-state index in [1.54, 1.807) is 0 Å². The van der Waals surface area contributed by atoms with Crippen LogP contribution in [0.15, 0.2) is 0 Å². The predicted octanol–water partition coefficient (Wildman–Crippen LogP) is 1.12. The summed E-state index contributed by atoms with van der Waals surface area (Å²) < 4.78 is 0. The molecule has 1 saturated carbocycles. The molecule has 0 aromatic heterocycles. The molecular formula is C13H26N2O2. The van der Waals surface area contributed by atoms with Gasteiger partial charge in [0, 0.05) is 25.0 Å². The molecule has 1 amide bonds. The van der Waals surface area contributed by atoms with Crippen LogP contribution in [0.5, 0.6) is 0 Å². The van der Waals surface area contributed by atoms with E-state index in [1.807, 2.05) is 32.7 Å². The van der Waals surface area contributed by atoms with E-state index in [0.717, 1.165) is 12.8 Å². The van der Waals surface area contributed by atoms with Gasteiger partial charge < -0.3 is 15.7 Å². The Kier molecular flexibility index (Phi) is 4.20.